The lowest BCUT2D eigenvalue weighted by atomic mass is 10.1. The van der Waals surface area contributed by atoms with Crippen LogP contribution >= 0.6 is 0 Å². The summed E-state index contributed by atoms with van der Waals surface area (Å²) in [4.78, 5) is 38.3. The van der Waals surface area contributed by atoms with Crippen molar-refractivity contribution in [3.63, 3.8) is 0 Å². The molecule has 0 radical (unpaired) electrons. The Morgan fingerprint density at radius 1 is 0.267 bits per heavy atom. The van der Waals surface area contributed by atoms with Crippen LogP contribution in [-0.2, 0) is 28.6 Å². The smallest absolute Gasteiger partial charge is 0.306 e. The van der Waals surface area contributed by atoms with Crippen LogP contribution < -0.4 is 0 Å². The molecule has 0 aliphatic rings. The van der Waals surface area contributed by atoms with Crippen molar-refractivity contribution >= 4 is 17.9 Å². The Morgan fingerprint density at radius 3 is 0.760 bits per heavy atom. The van der Waals surface area contributed by atoms with Crippen LogP contribution in [0.3, 0.4) is 0 Å². The van der Waals surface area contributed by atoms with Crippen LogP contribution in [0.4, 0.5) is 0 Å². The maximum absolute atomic E-state index is 12.9. The third-order valence-corrected chi connectivity index (χ3v) is 12.6. The van der Waals surface area contributed by atoms with Gasteiger partial charge in [-0.3, -0.25) is 14.4 Å². The lowest BCUT2D eigenvalue weighted by Crippen LogP contribution is -2.30. The minimum atomic E-state index is -0.802. The van der Waals surface area contributed by atoms with Gasteiger partial charge in [0.05, 0.1) is 0 Å². The number of hydrogen-bond acceptors (Lipinski definition) is 6. The van der Waals surface area contributed by atoms with E-state index in [1.54, 1.807) is 0 Å². The first kappa shape index (κ1) is 70.5. The van der Waals surface area contributed by atoms with Gasteiger partial charge in [-0.15, -0.1) is 0 Å². The summed E-state index contributed by atoms with van der Waals surface area (Å²) in [6, 6.07) is 0. The number of esters is 3. The van der Waals surface area contributed by atoms with Crippen molar-refractivity contribution in [3.05, 3.63) is 134 Å². The number of rotatable bonds is 54. The van der Waals surface area contributed by atoms with Crippen molar-refractivity contribution in [2.75, 3.05) is 13.2 Å². The molecule has 0 N–H and O–H groups in total. The van der Waals surface area contributed by atoms with E-state index < -0.39 is 6.10 Å². The van der Waals surface area contributed by atoms with Crippen LogP contribution in [0.25, 0.3) is 0 Å². The van der Waals surface area contributed by atoms with Gasteiger partial charge < -0.3 is 14.2 Å². The van der Waals surface area contributed by atoms with Crippen molar-refractivity contribution in [1.29, 1.82) is 0 Å². The van der Waals surface area contributed by atoms with Crippen molar-refractivity contribution in [2.45, 2.75) is 271 Å². The predicted octanol–water partition coefficient (Wildman–Crippen LogP) is 21.0. The number of ether oxygens (including phenoxy) is 3. The third-order valence-electron chi connectivity index (χ3n) is 12.6. The molecule has 0 heterocycles. The van der Waals surface area contributed by atoms with Gasteiger partial charge in [-0.05, 0) is 128 Å². The standard InChI is InChI=1S/C69H112O6/c1-4-7-10-13-16-19-22-25-27-29-31-33-34-36-37-39-41-44-47-50-53-56-59-62-68(71)74-65-66(64-73-67(70)61-58-55-52-49-46-43-24-21-18-15-12-9-6-3)75-69(72)63-60-57-54-51-48-45-42-40-38-35-32-30-28-26-23-20-17-14-11-8-5-2/h7-12,16-21,25-28,31-33,35,43,46,66H,4-6,13-15,22-24,29-30,34,36-42,44-45,47-65H2,1-3H3/b10-7-,11-8-,12-9-,19-16-,20-17-,21-18-,27-25-,28-26-,33-31-,35-32-,46-43-. The summed E-state index contributed by atoms with van der Waals surface area (Å²) in [6.07, 6.45) is 87.4. The van der Waals surface area contributed by atoms with Gasteiger partial charge in [-0.25, -0.2) is 0 Å². The van der Waals surface area contributed by atoms with E-state index in [1.807, 2.05) is 0 Å². The summed E-state index contributed by atoms with van der Waals surface area (Å²) in [5.74, 6) is -0.939. The Balaban J connectivity index is 4.40. The Labute approximate surface area is 462 Å². The number of hydrogen-bond donors (Lipinski definition) is 0. The zero-order chi connectivity index (χ0) is 54.3. The quantitative estimate of drug-likeness (QED) is 0.0261. The maximum atomic E-state index is 12.9. The molecule has 0 amide bonds. The summed E-state index contributed by atoms with van der Waals surface area (Å²) in [5, 5.41) is 0. The topological polar surface area (TPSA) is 78.9 Å². The number of carbonyl (C=O) groups excluding carboxylic acids is 3. The van der Waals surface area contributed by atoms with Crippen molar-refractivity contribution in [2.24, 2.45) is 0 Å². The average Bonchev–Trinajstić information content (AvgIpc) is 3.41. The molecule has 424 valence electrons. The highest BCUT2D eigenvalue weighted by atomic mass is 16.6. The van der Waals surface area contributed by atoms with Gasteiger partial charge in [-0.1, -0.05) is 251 Å². The molecule has 0 aliphatic heterocycles. The highest BCUT2D eigenvalue weighted by Gasteiger charge is 2.19. The maximum Gasteiger partial charge on any atom is 0.306 e. The second-order valence-corrected chi connectivity index (χ2v) is 19.8. The van der Waals surface area contributed by atoms with E-state index in [4.69, 9.17) is 14.2 Å². The van der Waals surface area contributed by atoms with Crippen LogP contribution in [0.1, 0.15) is 265 Å². The average molecular weight is 1040 g/mol. The van der Waals surface area contributed by atoms with Crippen LogP contribution in [0.15, 0.2) is 134 Å². The van der Waals surface area contributed by atoms with Crippen LogP contribution in [0, 0.1) is 0 Å². The largest absolute Gasteiger partial charge is 0.462 e. The molecule has 0 aliphatic carbocycles. The highest BCUT2D eigenvalue weighted by Crippen LogP contribution is 2.15. The fourth-order valence-corrected chi connectivity index (χ4v) is 8.15. The molecule has 0 saturated heterocycles. The number of unbranched alkanes of at least 4 members (excludes halogenated alkanes) is 21. The fourth-order valence-electron chi connectivity index (χ4n) is 8.15. The summed E-state index contributed by atoms with van der Waals surface area (Å²) >= 11 is 0. The van der Waals surface area contributed by atoms with E-state index >= 15 is 0 Å². The second-order valence-electron chi connectivity index (χ2n) is 19.8. The molecule has 0 bridgehead atoms. The molecule has 1 atom stereocenters. The monoisotopic (exact) mass is 1040 g/mol. The Hall–Kier alpha value is -4.45. The first-order chi connectivity index (χ1) is 37.0. The van der Waals surface area contributed by atoms with E-state index in [0.29, 0.717) is 19.3 Å². The Morgan fingerprint density at radius 2 is 0.480 bits per heavy atom. The molecule has 6 nitrogen and oxygen atoms in total. The van der Waals surface area contributed by atoms with Gasteiger partial charge >= 0.3 is 17.9 Å². The van der Waals surface area contributed by atoms with Crippen LogP contribution in [0.2, 0.25) is 0 Å². The van der Waals surface area contributed by atoms with Gasteiger partial charge in [0.15, 0.2) is 6.10 Å². The molecule has 0 aromatic rings. The lowest BCUT2D eigenvalue weighted by Gasteiger charge is -2.18. The third kappa shape index (κ3) is 60.3. The van der Waals surface area contributed by atoms with Gasteiger partial charge in [0.25, 0.3) is 0 Å². The molecule has 6 heteroatoms. The summed E-state index contributed by atoms with van der Waals surface area (Å²) in [5.41, 5.74) is 0. The first-order valence-corrected chi connectivity index (χ1v) is 30.7. The van der Waals surface area contributed by atoms with Gasteiger partial charge in [0.1, 0.15) is 13.2 Å². The lowest BCUT2D eigenvalue weighted by molar-refractivity contribution is -0.167. The van der Waals surface area contributed by atoms with Gasteiger partial charge in [0, 0.05) is 19.3 Å². The Kier molecular flexibility index (Phi) is 58.4. The molecule has 0 aromatic carbocycles. The minimum absolute atomic E-state index is 0.0967. The van der Waals surface area contributed by atoms with Crippen LogP contribution in [-0.4, -0.2) is 37.2 Å². The molecular weight excluding hydrogens is 925 g/mol. The Bertz CT molecular complexity index is 1620. The van der Waals surface area contributed by atoms with E-state index in [0.717, 1.165) is 141 Å². The van der Waals surface area contributed by atoms with Gasteiger partial charge in [-0.2, -0.15) is 0 Å². The van der Waals surface area contributed by atoms with Crippen molar-refractivity contribution in [3.8, 4) is 0 Å². The van der Waals surface area contributed by atoms with E-state index in [-0.39, 0.29) is 31.1 Å². The number of allylic oxidation sites excluding steroid dienone is 22. The highest BCUT2D eigenvalue weighted by molar-refractivity contribution is 5.71. The normalized spacial score (nSPS) is 13.1. The van der Waals surface area contributed by atoms with E-state index in [9.17, 15) is 14.4 Å². The second kappa shape index (κ2) is 62.1. The fraction of sp³-hybridized carbons (Fsp3) is 0.638. The summed E-state index contributed by atoms with van der Waals surface area (Å²) < 4.78 is 16.9. The summed E-state index contributed by atoms with van der Waals surface area (Å²) in [6.45, 7) is 6.27. The van der Waals surface area contributed by atoms with E-state index in [1.165, 1.54) is 83.5 Å². The molecule has 0 rings (SSSR count). The molecule has 1 unspecified atom stereocenters. The molecule has 0 aromatic heterocycles. The SMILES string of the molecule is CC/C=C\C/C=C\C/C=C\C/C=C\CCCCCCCCCCCCC(=O)OCC(COC(=O)CCCCC/C=C\C/C=C\C/C=C\CC)OC(=O)CCCCCCCCCC/C=C\C/C=C\C/C=C\C/C=C\CC. The van der Waals surface area contributed by atoms with Crippen molar-refractivity contribution < 1.29 is 28.6 Å². The first-order valence-electron chi connectivity index (χ1n) is 30.7. The molecule has 0 fully saturated rings. The van der Waals surface area contributed by atoms with Gasteiger partial charge in [0.2, 0.25) is 0 Å². The van der Waals surface area contributed by atoms with E-state index in [2.05, 4.69) is 154 Å². The molecular formula is C69H112O6. The molecule has 75 heavy (non-hydrogen) atoms. The summed E-state index contributed by atoms with van der Waals surface area (Å²) in [7, 11) is 0. The molecule has 0 saturated carbocycles. The predicted molar refractivity (Wildman–Crippen MR) is 325 cm³/mol. The van der Waals surface area contributed by atoms with Crippen LogP contribution in [0.5, 0.6) is 0 Å². The van der Waals surface area contributed by atoms with Crippen molar-refractivity contribution in [1.82, 2.24) is 0 Å². The molecule has 0 spiro atoms. The number of carbonyl (C=O) groups is 3. The zero-order valence-electron chi connectivity index (χ0n) is 48.5. The zero-order valence-corrected chi connectivity index (χ0v) is 48.5. The minimum Gasteiger partial charge on any atom is -0.462 e.